The first-order chi connectivity index (χ1) is 11.9. The molecule has 152 valence electrons. The van der Waals surface area contributed by atoms with E-state index >= 15 is 0 Å². The van der Waals surface area contributed by atoms with Crippen molar-refractivity contribution in [3.05, 3.63) is 0 Å². The third kappa shape index (κ3) is 13.5. The van der Waals surface area contributed by atoms with E-state index < -0.39 is 23.4 Å². The van der Waals surface area contributed by atoms with Crippen LogP contribution in [-0.4, -0.2) is 60.4 Å². The van der Waals surface area contributed by atoms with Gasteiger partial charge in [0, 0.05) is 6.54 Å². The van der Waals surface area contributed by atoms with E-state index in [1.54, 1.807) is 41.5 Å². The van der Waals surface area contributed by atoms with Crippen LogP contribution in [0.25, 0.3) is 0 Å². The smallest absolute Gasteiger partial charge is 0.414 e. The van der Waals surface area contributed by atoms with Crippen LogP contribution >= 0.6 is 0 Å². The molecule has 0 heterocycles. The SMILES string of the molecule is CCN(CC)CCCN=C(NC(=O)OC(C)(C)C)NC(=O)OC(C)(C)C. The molecule has 0 atom stereocenters. The molecule has 2 amide bonds. The molecule has 0 bridgehead atoms. The van der Waals surface area contributed by atoms with Crippen molar-refractivity contribution in [1.29, 1.82) is 0 Å². The van der Waals surface area contributed by atoms with Crippen molar-refractivity contribution in [3.63, 3.8) is 0 Å². The van der Waals surface area contributed by atoms with Crippen LogP contribution in [0.2, 0.25) is 0 Å². The summed E-state index contributed by atoms with van der Waals surface area (Å²) in [4.78, 5) is 30.5. The Morgan fingerprint density at radius 2 is 1.31 bits per heavy atom. The molecule has 0 saturated heterocycles. The van der Waals surface area contributed by atoms with Gasteiger partial charge in [-0.25, -0.2) is 9.59 Å². The average Bonchev–Trinajstić information content (AvgIpc) is 2.43. The van der Waals surface area contributed by atoms with Crippen LogP contribution in [0.1, 0.15) is 61.8 Å². The van der Waals surface area contributed by atoms with Gasteiger partial charge in [0.05, 0.1) is 0 Å². The van der Waals surface area contributed by atoms with Crippen molar-refractivity contribution in [2.75, 3.05) is 26.2 Å². The van der Waals surface area contributed by atoms with Gasteiger partial charge in [0.1, 0.15) is 11.2 Å². The number of aliphatic imine (C=N–C) groups is 1. The standard InChI is InChI=1S/C18H36N4O4/c1-9-22(10-2)13-11-12-19-14(20-15(23)25-17(3,4)5)21-16(24)26-18(6,7)8/h9-13H2,1-8H3,(H2,19,20,21,23,24). The van der Waals surface area contributed by atoms with Gasteiger partial charge in [-0.05, 0) is 67.6 Å². The molecule has 0 unspecified atom stereocenters. The highest BCUT2D eigenvalue weighted by Crippen LogP contribution is 2.07. The molecule has 0 fully saturated rings. The number of nitrogens with zero attached hydrogens (tertiary/aromatic N) is 2. The van der Waals surface area contributed by atoms with Crippen LogP contribution in [0.3, 0.4) is 0 Å². The van der Waals surface area contributed by atoms with Gasteiger partial charge in [0.15, 0.2) is 0 Å². The van der Waals surface area contributed by atoms with Crippen LogP contribution in [0, 0.1) is 0 Å². The quantitative estimate of drug-likeness (QED) is 0.424. The summed E-state index contributed by atoms with van der Waals surface area (Å²) in [6, 6.07) is 0. The summed E-state index contributed by atoms with van der Waals surface area (Å²) in [5, 5.41) is 4.94. The van der Waals surface area contributed by atoms with E-state index in [2.05, 4.69) is 34.4 Å². The molecule has 0 rings (SSSR count). The molecular weight excluding hydrogens is 336 g/mol. The van der Waals surface area contributed by atoms with E-state index in [-0.39, 0.29) is 5.96 Å². The fraction of sp³-hybridized carbons (Fsp3) is 0.833. The van der Waals surface area contributed by atoms with Crippen LogP contribution in [0.5, 0.6) is 0 Å². The largest absolute Gasteiger partial charge is 0.444 e. The fourth-order valence-corrected chi connectivity index (χ4v) is 1.94. The molecule has 0 aromatic heterocycles. The Hall–Kier alpha value is -1.83. The number of alkyl carbamates (subject to hydrolysis) is 2. The molecule has 26 heavy (non-hydrogen) atoms. The summed E-state index contributed by atoms with van der Waals surface area (Å²) in [6.07, 6.45) is -0.566. The number of hydrogen-bond acceptors (Lipinski definition) is 6. The number of ether oxygens (including phenoxy) is 2. The minimum atomic E-state index is -0.684. The monoisotopic (exact) mass is 372 g/mol. The summed E-state index contributed by atoms with van der Waals surface area (Å²) in [7, 11) is 0. The Morgan fingerprint density at radius 3 is 1.65 bits per heavy atom. The fourth-order valence-electron chi connectivity index (χ4n) is 1.94. The topological polar surface area (TPSA) is 92.3 Å². The molecule has 0 aromatic carbocycles. The maximum Gasteiger partial charge on any atom is 0.414 e. The molecule has 0 spiro atoms. The van der Waals surface area contributed by atoms with Crippen LogP contribution in [0.15, 0.2) is 4.99 Å². The molecule has 0 aliphatic heterocycles. The zero-order valence-electron chi connectivity index (χ0n) is 17.6. The third-order valence-corrected chi connectivity index (χ3v) is 3.04. The number of hydrogen-bond donors (Lipinski definition) is 2. The lowest BCUT2D eigenvalue weighted by Crippen LogP contribution is -2.47. The summed E-state index contributed by atoms with van der Waals surface area (Å²) in [6.45, 7) is 18.0. The van der Waals surface area contributed by atoms with Gasteiger partial charge >= 0.3 is 12.2 Å². The van der Waals surface area contributed by atoms with Crippen LogP contribution in [-0.2, 0) is 9.47 Å². The van der Waals surface area contributed by atoms with E-state index in [1.165, 1.54) is 0 Å². The minimum absolute atomic E-state index is 0.0213. The lowest BCUT2D eigenvalue weighted by molar-refractivity contribution is 0.0545. The molecule has 0 aliphatic carbocycles. The maximum atomic E-state index is 12.0. The third-order valence-electron chi connectivity index (χ3n) is 3.04. The van der Waals surface area contributed by atoms with Crippen molar-refractivity contribution in [2.24, 2.45) is 4.99 Å². The average molecular weight is 373 g/mol. The highest BCUT2D eigenvalue weighted by atomic mass is 16.6. The van der Waals surface area contributed by atoms with Gasteiger partial charge < -0.3 is 14.4 Å². The molecule has 0 radical (unpaired) electrons. The van der Waals surface area contributed by atoms with Crippen LogP contribution in [0.4, 0.5) is 9.59 Å². The van der Waals surface area contributed by atoms with E-state index in [4.69, 9.17) is 9.47 Å². The highest BCUT2D eigenvalue weighted by molar-refractivity contribution is 6.01. The summed E-state index contributed by atoms with van der Waals surface area (Å²) in [5.74, 6) is 0.0213. The lowest BCUT2D eigenvalue weighted by Gasteiger charge is -2.22. The van der Waals surface area contributed by atoms with E-state index in [0.29, 0.717) is 6.54 Å². The molecule has 0 saturated carbocycles. The first kappa shape index (κ1) is 24.2. The predicted octanol–water partition coefficient (Wildman–Crippen LogP) is 3.12. The first-order valence-electron chi connectivity index (χ1n) is 9.13. The predicted molar refractivity (Wildman–Crippen MR) is 103 cm³/mol. The van der Waals surface area contributed by atoms with E-state index in [1.807, 2.05) is 0 Å². The Kier molecular flexibility index (Phi) is 10.2. The first-order valence-corrected chi connectivity index (χ1v) is 9.13. The van der Waals surface area contributed by atoms with Gasteiger partial charge in [-0.1, -0.05) is 13.8 Å². The number of nitrogens with one attached hydrogen (secondary N) is 2. The molecule has 8 nitrogen and oxygen atoms in total. The molecule has 0 aromatic rings. The molecule has 8 heteroatoms. The molecule has 2 N–H and O–H groups in total. The second-order valence-corrected chi connectivity index (χ2v) is 7.86. The number of carbonyl (C=O) groups excluding carboxylic acids is 2. The van der Waals surface area contributed by atoms with Crippen LogP contribution < -0.4 is 10.6 Å². The minimum Gasteiger partial charge on any atom is -0.444 e. The molecular formula is C18H36N4O4. The number of carbonyl (C=O) groups is 2. The van der Waals surface area contributed by atoms with Crippen molar-refractivity contribution < 1.29 is 19.1 Å². The van der Waals surface area contributed by atoms with Gasteiger partial charge in [-0.2, -0.15) is 0 Å². The van der Waals surface area contributed by atoms with Crippen molar-refractivity contribution in [2.45, 2.75) is 73.0 Å². The maximum absolute atomic E-state index is 12.0. The number of rotatable bonds is 6. The van der Waals surface area contributed by atoms with Crippen molar-refractivity contribution in [3.8, 4) is 0 Å². The van der Waals surface area contributed by atoms with Gasteiger partial charge in [-0.3, -0.25) is 15.6 Å². The van der Waals surface area contributed by atoms with Gasteiger partial charge in [-0.15, -0.1) is 0 Å². The van der Waals surface area contributed by atoms with Crippen molar-refractivity contribution in [1.82, 2.24) is 15.5 Å². The number of amides is 2. The second-order valence-electron chi connectivity index (χ2n) is 7.86. The lowest BCUT2D eigenvalue weighted by atomic mass is 10.2. The zero-order valence-corrected chi connectivity index (χ0v) is 17.6. The van der Waals surface area contributed by atoms with E-state index in [9.17, 15) is 9.59 Å². The molecule has 0 aliphatic rings. The zero-order chi connectivity index (χ0) is 20.4. The summed E-state index contributed by atoms with van der Waals surface area (Å²) in [5.41, 5.74) is -1.30. The normalized spacial score (nSPS) is 11.7. The Balaban J connectivity index is 4.83. The van der Waals surface area contributed by atoms with Crippen molar-refractivity contribution >= 4 is 18.1 Å². The highest BCUT2D eigenvalue weighted by Gasteiger charge is 2.21. The van der Waals surface area contributed by atoms with E-state index in [0.717, 1.165) is 26.1 Å². The van der Waals surface area contributed by atoms with Gasteiger partial charge in [0.2, 0.25) is 5.96 Å². The van der Waals surface area contributed by atoms with Gasteiger partial charge in [0.25, 0.3) is 0 Å². The summed E-state index contributed by atoms with van der Waals surface area (Å²) < 4.78 is 10.4. The second kappa shape index (κ2) is 11.0. The Morgan fingerprint density at radius 1 is 0.885 bits per heavy atom. The Labute approximate surface area is 157 Å². The Bertz CT molecular complexity index is 443. The summed E-state index contributed by atoms with van der Waals surface area (Å²) >= 11 is 0. The number of guanidine groups is 1.